The third-order valence-electron chi connectivity index (χ3n) is 2.21. The molecular formula is C10H19N. The van der Waals surface area contributed by atoms with E-state index in [1.54, 1.807) is 0 Å². The molecule has 0 aromatic carbocycles. The molecule has 0 radical (unpaired) electrons. The van der Waals surface area contributed by atoms with E-state index in [1.165, 1.54) is 18.4 Å². The molecule has 1 atom stereocenters. The fraction of sp³-hybridized carbons (Fsp3) is 0.800. The van der Waals surface area contributed by atoms with Crippen molar-refractivity contribution in [2.45, 2.75) is 52.1 Å². The van der Waals surface area contributed by atoms with Crippen molar-refractivity contribution in [3.05, 3.63) is 11.6 Å². The predicted molar refractivity (Wildman–Crippen MR) is 49.7 cm³/mol. The molecule has 0 bridgehead atoms. The Bertz CT molecular complexity index is 170. The third-order valence-corrected chi connectivity index (χ3v) is 2.21. The van der Waals surface area contributed by atoms with Gasteiger partial charge in [-0.15, -0.1) is 0 Å². The summed E-state index contributed by atoms with van der Waals surface area (Å²) in [6.07, 6.45) is 4.75. The van der Waals surface area contributed by atoms with Gasteiger partial charge in [0, 0.05) is 11.6 Å². The molecule has 0 spiro atoms. The smallest absolute Gasteiger partial charge is 0.0227 e. The summed E-state index contributed by atoms with van der Waals surface area (Å²) in [4.78, 5) is 0. The zero-order valence-electron chi connectivity index (χ0n) is 8.07. The lowest BCUT2D eigenvalue weighted by atomic mass is 9.97. The summed E-state index contributed by atoms with van der Waals surface area (Å²) < 4.78 is 0. The van der Waals surface area contributed by atoms with Crippen LogP contribution in [0.1, 0.15) is 40.5 Å². The summed E-state index contributed by atoms with van der Waals surface area (Å²) in [6, 6.07) is 0.597. The summed E-state index contributed by atoms with van der Waals surface area (Å²) in [7, 11) is 0. The molecule has 0 saturated heterocycles. The van der Waals surface area contributed by atoms with Crippen molar-refractivity contribution in [1.82, 2.24) is 5.32 Å². The topological polar surface area (TPSA) is 12.0 Å². The number of hydrogen-bond donors (Lipinski definition) is 1. The zero-order chi connectivity index (χ0) is 8.48. The van der Waals surface area contributed by atoms with Gasteiger partial charge < -0.3 is 5.32 Å². The molecule has 0 aromatic rings. The van der Waals surface area contributed by atoms with Crippen molar-refractivity contribution >= 4 is 0 Å². The van der Waals surface area contributed by atoms with Crippen LogP contribution in [0.3, 0.4) is 0 Å². The van der Waals surface area contributed by atoms with E-state index in [4.69, 9.17) is 0 Å². The summed E-state index contributed by atoms with van der Waals surface area (Å²) in [6.45, 7) is 8.94. The second-order valence-electron chi connectivity index (χ2n) is 4.29. The molecular weight excluding hydrogens is 134 g/mol. The highest BCUT2D eigenvalue weighted by Crippen LogP contribution is 2.28. The molecule has 1 rings (SSSR count). The number of nitrogens with one attached hydrogen (secondary N) is 1. The number of hydrogen-bond acceptors (Lipinski definition) is 1. The minimum atomic E-state index is 0.345. The van der Waals surface area contributed by atoms with E-state index >= 15 is 0 Å². The second-order valence-corrected chi connectivity index (χ2v) is 4.29. The normalized spacial score (nSPS) is 31.2. The first-order chi connectivity index (χ1) is 5.02. The Labute approximate surface area is 69.9 Å². The van der Waals surface area contributed by atoms with Crippen LogP contribution in [0.4, 0.5) is 0 Å². The average Bonchev–Trinajstić information content (AvgIpc) is 2.08. The van der Waals surface area contributed by atoms with Crippen LogP contribution in [-0.4, -0.2) is 11.6 Å². The molecule has 64 valence electrons. The Hall–Kier alpha value is -0.300. The van der Waals surface area contributed by atoms with Gasteiger partial charge in [-0.3, -0.25) is 0 Å². The van der Waals surface area contributed by atoms with E-state index in [-0.39, 0.29) is 0 Å². The van der Waals surface area contributed by atoms with Gasteiger partial charge in [0.2, 0.25) is 0 Å². The van der Waals surface area contributed by atoms with Crippen molar-refractivity contribution in [1.29, 1.82) is 0 Å². The van der Waals surface area contributed by atoms with Crippen LogP contribution >= 0.6 is 0 Å². The van der Waals surface area contributed by atoms with Crippen LogP contribution in [0.25, 0.3) is 0 Å². The standard InChI is InChI=1S/C10H19N/c1-8(2)11-10(4)6-5-9(3)7-10/h5,8,11H,6-7H2,1-4H3/t10-/m0/s1. The fourth-order valence-corrected chi connectivity index (χ4v) is 1.97. The van der Waals surface area contributed by atoms with Gasteiger partial charge in [-0.2, -0.15) is 0 Å². The maximum Gasteiger partial charge on any atom is 0.0227 e. The second kappa shape index (κ2) is 2.98. The van der Waals surface area contributed by atoms with E-state index in [2.05, 4.69) is 39.1 Å². The predicted octanol–water partition coefficient (Wildman–Crippen LogP) is 2.48. The minimum absolute atomic E-state index is 0.345. The Morgan fingerprint density at radius 2 is 2.18 bits per heavy atom. The summed E-state index contributed by atoms with van der Waals surface area (Å²) in [5, 5.41) is 3.60. The van der Waals surface area contributed by atoms with Gasteiger partial charge in [-0.05, 0) is 26.7 Å². The summed E-state index contributed by atoms with van der Waals surface area (Å²) in [5.41, 5.74) is 1.87. The molecule has 0 aliphatic heterocycles. The quantitative estimate of drug-likeness (QED) is 0.601. The van der Waals surface area contributed by atoms with Crippen molar-refractivity contribution in [3.63, 3.8) is 0 Å². The first-order valence-electron chi connectivity index (χ1n) is 4.45. The maximum atomic E-state index is 3.60. The van der Waals surface area contributed by atoms with Gasteiger partial charge in [0.1, 0.15) is 0 Å². The number of rotatable bonds is 2. The van der Waals surface area contributed by atoms with Crippen molar-refractivity contribution in [3.8, 4) is 0 Å². The van der Waals surface area contributed by atoms with Crippen molar-refractivity contribution in [2.75, 3.05) is 0 Å². The molecule has 1 aliphatic carbocycles. The van der Waals surface area contributed by atoms with Crippen molar-refractivity contribution < 1.29 is 0 Å². The van der Waals surface area contributed by atoms with Gasteiger partial charge in [-0.1, -0.05) is 25.5 Å². The van der Waals surface area contributed by atoms with Crippen molar-refractivity contribution in [2.24, 2.45) is 0 Å². The molecule has 1 N–H and O–H groups in total. The highest BCUT2D eigenvalue weighted by molar-refractivity contribution is 5.15. The minimum Gasteiger partial charge on any atom is -0.309 e. The first-order valence-corrected chi connectivity index (χ1v) is 4.45. The Morgan fingerprint density at radius 1 is 1.55 bits per heavy atom. The molecule has 0 heterocycles. The summed E-state index contributed by atoms with van der Waals surface area (Å²) in [5.74, 6) is 0. The monoisotopic (exact) mass is 153 g/mol. The molecule has 1 nitrogen and oxygen atoms in total. The lowest BCUT2D eigenvalue weighted by Crippen LogP contribution is -2.44. The van der Waals surface area contributed by atoms with Gasteiger partial charge >= 0.3 is 0 Å². The Balaban J connectivity index is 2.46. The van der Waals surface area contributed by atoms with Crippen LogP contribution in [0.5, 0.6) is 0 Å². The molecule has 0 saturated carbocycles. The largest absolute Gasteiger partial charge is 0.309 e. The molecule has 0 fully saturated rings. The SMILES string of the molecule is CC1=CC[C@](C)(NC(C)C)C1. The van der Waals surface area contributed by atoms with E-state index < -0.39 is 0 Å². The van der Waals surface area contributed by atoms with E-state index in [9.17, 15) is 0 Å². The molecule has 11 heavy (non-hydrogen) atoms. The Kier molecular flexibility index (Phi) is 2.38. The lowest BCUT2D eigenvalue weighted by Gasteiger charge is -2.28. The Morgan fingerprint density at radius 3 is 2.55 bits per heavy atom. The molecule has 0 amide bonds. The van der Waals surface area contributed by atoms with E-state index in [0.29, 0.717) is 11.6 Å². The van der Waals surface area contributed by atoms with Gasteiger partial charge in [0.05, 0.1) is 0 Å². The van der Waals surface area contributed by atoms with E-state index in [1.807, 2.05) is 0 Å². The molecule has 0 unspecified atom stereocenters. The van der Waals surface area contributed by atoms with Gasteiger partial charge in [-0.25, -0.2) is 0 Å². The maximum absolute atomic E-state index is 3.60. The molecule has 1 aliphatic rings. The molecule has 1 heteroatoms. The van der Waals surface area contributed by atoms with Gasteiger partial charge in [0.15, 0.2) is 0 Å². The average molecular weight is 153 g/mol. The van der Waals surface area contributed by atoms with Crippen LogP contribution in [0, 0.1) is 0 Å². The first kappa shape index (κ1) is 8.79. The van der Waals surface area contributed by atoms with Crippen LogP contribution in [-0.2, 0) is 0 Å². The third kappa shape index (κ3) is 2.33. The fourth-order valence-electron chi connectivity index (χ4n) is 1.97. The highest BCUT2D eigenvalue weighted by atomic mass is 15.0. The van der Waals surface area contributed by atoms with Gasteiger partial charge in [0.25, 0.3) is 0 Å². The highest BCUT2D eigenvalue weighted by Gasteiger charge is 2.27. The van der Waals surface area contributed by atoms with E-state index in [0.717, 1.165) is 0 Å². The van der Waals surface area contributed by atoms with Crippen LogP contribution < -0.4 is 5.32 Å². The zero-order valence-corrected chi connectivity index (χ0v) is 8.07. The summed E-state index contributed by atoms with van der Waals surface area (Å²) >= 11 is 0. The lowest BCUT2D eigenvalue weighted by molar-refractivity contribution is 0.342. The van der Waals surface area contributed by atoms with Crippen LogP contribution in [0.2, 0.25) is 0 Å². The van der Waals surface area contributed by atoms with Crippen LogP contribution in [0.15, 0.2) is 11.6 Å². The molecule has 0 aromatic heterocycles.